The highest BCUT2D eigenvalue weighted by atomic mass is 19.4. The molecule has 0 radical (unpaired) electrons. The second-order valence-electron chi connectivity index (χ2n) is 4.41. The number of imidazole rings is 1. The summed E-state index contributed by atoms with van der Waals surface area (Å²) < 4.78 is 40.1. The summed E-state index contributed by atoms with van der Waals surface area (Å²) >= 11 is 0. The minimum Gasteiger partial charge on any atom is -0.406 e. The Bertz CT molecular complexity index is 832. The molecule has 2 aromatic carbocycles. The van der Waals surface area contributed by atoms with Gasteiger partial charge in [-0.1, -0.05) is 18.2 Å². The van der Waals surface area contributed by atoms with Crippen LogP contribution in [-0.4, -0.2) is 16.3 Å². The summed E-state index contributed by atoms with van der Waals surface area (Å²) in [4.78, 5) is 16.4. The average molecular weight is 294 g/mol. The molecule has 3 aromatic rings. The fourth-order valence-corrected chi connectivity index (χ4v) is 2.06. The zero-order valence-corrected chi connectivity index (χ0v) is 10.5. The fraction of sp³-hybridized carbons (Fsp3) is 0.0714. The Labute approximate surface area is 116 Å². The smallest absolute Gasteiger partial charge is 0.406 e. The molecule has 0 saturated carbocycles. The summed E-state index contributed by atoms with van der Waals surface area (Å²) in [6, 6.07) is 10.8. The lowest BCUT2D eigenvalue weighted by molar-refractivity contribution is -0.274. The fourth-order valence-electron chi connectivity index (χ4n) is 2.06. The van der Waals surface area contributed by atoms with Crippen LogP contribution in [-0.2, 0) is 0 Å². The molecule has 1 heterocycles. The lowest BCUT2D eigenvalue weighted by Crippen LogP contribution is -2.16. The van der Waals surface area contributed by atoms with E-state index < -0.39 is 6.36 Å². The van der Waals surface area contributed by atoms with Crippen LogP contribution in [0.3, 0.4) is 0 Å². The third-order valence-electron chi connectivity index (χ3n) is 2.94. The number of aromatic nitrogens is 2. The molecule has 0 fully saturated rings. The second kappa shape index (κ2) is 4.69. The number of halogens is 3. The predicted octanol–water partition coefficient (Wildman–Crippen LogP) is 3.42. The van der Waals surface area contributed by atoms with Crippen LogP contribution in [0.1, 0.15) is 0 Å². The zero-order valence-electron chi connectivity index (χ0n) is 10.5. The first-order valence-corrected chi connectivity index (χ1v) is 5.99. The lowest BCUT2D eigenvalue weighted by Gasteiger charge is -2.09. The zero-order chi connectivity index (χ0) is 15.0. The number of H-pyrrole nitrogens is 2. The Kier molecular flexibility index (Phi) is 2.97. The number of fused-ring (bicyclic) bond motifs is 1. The van der Waals surface area contributed by atoms with Crippen molar-refractivity contribution in [2.75, 3.05) is 0 Å². The van der Waals surface area contributed by atoms with Crippen LogP contribution >= 0.6 is 0 Å². The van der Waals surface area contributed by atoms with Crippen molar-refractivity contribution in [2.24, 2.45) is 0 Å². The summed E-state index contributed by atoms with van der Waals surface area (Å²) in [7, 11) is 0. The number of benzene rings is 2. The molecule has 1 aromatic heterocycles. The van der Waals surface area contributed by atoms with Crippen LogP contribution in [0.2, 0.25) is 0 Å². The Morgan fingerprint density at radius 3 is 2.14 bits per heavy atom. The van der Waals surface area contributed by atoms with Crippen molar-refractivity contribution < 1.29 is 17.9 Å². The van der Waals surface area contributed by atoms with Crippen LogP contribution in [0, 0.1) is 0 Å². The molecule has 108 valence electrons. The van der Waals surface area contributed by atoms with Crippen molar-refractivity contribution in [3.05, 3.63) is 52.9 Å². The van der Waals surface area contributed by atoms with Gasteiger partial charge in [0.25, 0.3) is 0 Å². The van der Waals surface area contributed by atoms with E-state index >= 15 is 0 Å². The van der Waals surface area contributed by atoms with Crippen molar-refractivity contribution >= 4 is 11.0 Å². The van der Waals surface area contributed by atoms with Crippen molar-refractivity contribution in [3.8, 4) is 16.9 Å². The van der Waals surface area contributed by atoms with Crippen LogP contribution in [0.5, 0.6) is 5.75 Å². The Morgan fingerprint density at radius 2 is 1.48 bits per heavy atom. The van der Waals surface area contributed by atoms with E-state index in [0.29, 0.717) is 16.6 Å². The van der Waals surface area contributed by atoms with Gasteiger partial charge < -0.3 is 14.7 Å². The molecule has 21 heavy (non-hydrogen) atoms. The summed E-state index contributed by atoms with van der Waals surface area (Å²) in [5.41, 5.74) is 2.48. The molecule has 0 aliphatic carbocycles. The van der Waals surface area contributed by atoms with Crippen LogP contribution in [0.25, 0.3) is 22.2 Å². The summed E-state index contributed by atoms with van der Waals surface area (Å²) in [6.07, 6.45) is -4.70. The maximum Gasteiger partial charge on any atom is 0.573 e. The average Bonchev–Trinajstić information content (AvgIpc) is 2.76. The standard InChI is InChI=1S/C14H9F3N2O2/c15-14(16,17)21-10-4-1-8(2-5-10)9-3-6-11-12(7-9)19-13(20)18-11/h1-7H,(H2,18,19,20). The van der Waals surface area contributed by atoms with Gasteiger partial charge >= 0.3 is 12.1 Å². The highest BCUT2D eigenvalue weighted by Gasteiger charge is 2.30. The first kappa shape index (κ1) is 13.3. The van der Waals surface area contributed by atoms with Crippen LogP contribution < -0.4 is 10.4 Å². The SMILES string of the molecule is O=c1[nH]c2ccc(-c3ccc(OC(F)(F)F)cc3)cc2[nH]1. The number of alkyl halides is 3. The topological polar surface area (TPSA) is 57.9 Å². The summed E-state index contributed by atoms with van der Waals surface area (Å²) in [5, 5.41) is 0. The molecule has 0 spiro atoms. The van der Waals surface area contributed by atoms with E-state index in [0.717, 1.165) is 5.56 Å². The number of nitrogens with one attached hydrogen (secondary N) is 2. The molecule has 0 saturated heterocycles. The highest BCUT2D eigenvalue weighted by molar-refractivity contribution is 5.81. The van der Waals surface area contributed by atoms with Gasteiger partial charge in [0.15, 0.2) is 0 Å². The molecule has 7 heteroatoms. The third kappa shape index (κ3) is 2.91. The molecule has 0 aliphatic rings. The first-order chi connectivity index (χ1) is 9.90. The van der Waals surface area contributed by atoms with E-state index in [2.05, 4.69) is 14.7 Å². The van der Waals surface area contributed by atoms with Gasteiger partial charge in [0.2, 0.25) is 0 Å². The molecular formula is C14H9F3N2O2. The van der Waals surface area contributed by atoms with E-state index in [9.17, 15) is 18.0 Å². The van der Waals surface area contributed by atoms with Gasteiger partial charge in [-0.15, -0.1) is 13.2 Å². The molecule has 0 aliphatic heterocycles. The van der Waals surface area contributed by atoms with Gasteiger partial charge in [-0.05, 0) is 35.4 Å². The molecule has 0 atom stereocenters. The monoisotopic (exact) mass is 294 g/mol. The molecular weight excluding hydrogens is 285 g/mol. The van der Waals surface area contributed by atoms with Crippen molar-refractivity contribution in [1.29, 1.82) is 0 Å². The first-order valence-electron chi connectivity index (χ1n) is 5.99. The molecule has 4 nitrogen and oxygen atoms in total. The van der Waals surface area contributed by atoms with Gasteiger partial charge in [-0.25, -0.2) is 4.79 Å². The van der Waals surface area contributed by atoms with E-state index in [1.54, 1.807) is 18.2 Å². The van der Waals surface area contributed by atoms with Gasteiger partial charge in [-0.3, -0.25) is 0 Å². The number of hydrogen-bond donors (Lipinski definition) is 2. The summed E-state index contributed by atoms with van der Waals surface area (Å²) in [6.45, 7) is 0. The quantitative estimate of drug-likeness (QED) is 0.761. The minimum atomic E-state index is -4.70. The maximum absolute atomic E-state index is 12.1. The number of rotatable bonds is 2. The second-order valence-corrected chi connectivity index (χ2v) is 4.41. The van der Waals surface area contributed by atoms with E-state index in [1.807, 2.05) is 0 Å². The minimum absolute atomic E-state index is 0.276. The molecule has 3 rings (SSSR count). The maximum atomic E-state index is 12.1. The van der Waals surface area contributed by atoms with Gasteiger partial charge in [0.05, 0.1) is 11.0 Å². The molecule has 0 amide bonds. The Morgan fingerprint density at radius 1 is 0.857 bits per heavy atom. The molecule has 2 N–H and O–H groups in total. The van der Waals surface area contributed by atoms with Gasteiger partial charge in [0, 0.05) is 0 Å². The largest absolute Gasteiger partial charge is 0.573 e. The van der Waals surface area contributed by atoms with Crippen molar-refractivity contribution in [3.63, 3.8) is 0 Å². The van der Waals surface area contributed by atoms with Gasteiger partial charge in [0.1, 0.15) is 5.75 Å². The lowest BCUT2D eigenvalue weighted by atomic mass is 10.1. The summed E-state index contributed by atoms with van der Waals surface area (Å²) in [5.74, 6) is -0.276. The molecule has 0 unspecified atom stereocenters. The normalized spacial score (nSPS) is 11.8. The Hall–Kier alpha value is -2.70. The predicted molar refractivity (Wildman–Crippen MR) is 71.0 cm³/mol. The Balaban J connectivity index is 1.93. The van der Waals surface area contributed by atoms with Crippen LogP contribution in [0.4, 0.5) is 13.2 Å². The van der Waals surface area contributed by atoms with E-state index in [1.165, 1.54) is 24.3 Å². The van der Waals surface area contributed by atoms with Crippen molar-refractivity contribution in [1.82, 2.24) is 9.97 Å². The number of hydrogen-bond acceptors (Lipinski definition) is 2. The van der Waals surface area contributed by atoms with E-state index in [4.69, 9.17) is 0 Å². The van der Waals surface area contributed by atoms with E-state index in [-0.39, 0.29) is 11.4 Å². The van der Waals surface area contributed by atoms with Gasteiger partial charge in [-0.2, -0.15) is 0 Å². The number of aromatic amines is 2. The number of ether oxygens (including phenoxy) is 1. The van der Waals surface area contributed by atoms with Crippen molar-refractivity contribution in [2.45, 2.75) is 6.36 Å². The third-order valence-corrected chi connectivity index (χ3v) is 2.94. The molecule has 0 bridgehead atoms. The van der Waals surface area contributed by atoms with Crippen LogP contribution in [0.15, 0.2) is 47.3 Å². The highest BCUT2D eigenvalue weighted by Crippen LogP contribution is 2.27.